The van der Waals surface area contributed by atoms with Crippen LogP contribution in [0.5, 0.6) is 5.75 Å². The van der Waals surface area contributed by atoms with Gasteiger partial charge in [0.2, 0.25) is 0 Å². The molecule has 1 N–H and O–H groups in total. The number of rotatable bonds is 3. The molecule has 1 aliphatic carbocycles. The Bertz CT molecular complexity index is 365. The summed E-state index contributed by atoms with van der Waals surface area (Å²) >= 11 is 0. The van der Waals surface area contributed by atoms with Gasteiger partial charge in [0.25, 0.3) is 0 Å². The molecule has 0 fully saturated rings. The van der Waals surface area contributed by atoms with Crippen molar-refractivity contribution in [2.45, 2.75) is 25.4 Å². The molecule has 1 unspecified atom stereocenters. The number of hydroxylamine groups is 2. The summed E-state index contributed by atoms with van der Waals surface area (Å²) in [6, 6.07) is 6.06. The lowest BCUT2D eigenvalue weighted by Gasteiger charge is -2.26. The normalized spacial score (nSPS) is 19.6. The third kappa shape index (κ3) is 2.35. The van der Waals surface area contributed by atoms with Gasteiger partial charge in [0, 0.05) is 13.5 Å². The van der Waals surface area contributed by atoms with E-state index in [2.05, 4.69) is 6.07 Å². The van der Waals surface area contributed by atoms with E-state index in [1.54, 1.807) is 7.11 Å². The minimum atomic E-state index is 0.0506. The van der Waals surface area contributed by atoms with Gasteiger partial charge in [-0.2, -0.15) is 0 Å². The highest BCUT2D eigenvalue weighted by molar-refractivity contribution is 5.42. The lowest BCUT2D eigenvalue weighted by Crippen LogP contribution is -2.29. The number of fused-ring (bicyclic) bond motifs is 1. The fourth-order valence-corrected chi connectivity index (χ4v) is 2.24. The van der Waals surface area contributed by atoms with E-state index in [0.29, 0.717) is 0 Å². The van der Waals surface area contributed by atoms with E-state index in [9.17, 15) is 0 Å². The molecule has 4 heteroatoms. The van der Waals surface area contributed by atoms with E-state index < -0.39 is 0 Å². The molecule has 1 aromatic carbocycles. The molecule has 4 nitrogen and oxygen atoms in total. The van der Waals surface area contributed by atoms with Crippen LogP contribution in [-0.4, -0.2) is 30.7 Å². The summed E-state index contributed by atoms with van der Waals surface area (Å²) in [4.78, 5) is 5.27. The van der Waals surface area contributed by atoms with Crippen molar-refractivity contribution in [1.82, 2.24) is 5.23 Å². The van der Waals surface area contributed by atoms with E-state index in [0.717, 1.165) is 30.2 Å². The van der Waals surface area contributed by atoms with Gasteiger partial charge in [-0.1, -0.05) is 17.4 Å². The zero-order valence-electron chi connectivity index (χ0n) is 9.64. The van der Waals surface area contributed by atoms with E-state index in [-0.39, 0.29) is 6.10 Å². The minimum Gasteiger partial charge on any atom is -0.496 e. The average Bonchev–Trinajstić information content (AvgIpc) is 2.27. The number of hydrogen-bond donors (Lipinski definition) is 1. The van der Waals surface area contributed by atoms with Gasteiger partial charge in [0.05, 0.1) is 13.2 Å². The zero-order chi connectivity index (χ0) is 11.5. The monoisotopic (exact) mass is 223 g/mol. The number of ether oxygens (including phenoxy) is 1. The fraction of sp³-hybridized carbons (Fsp3) is 0.500. The second-order valence-corrected chi connectivity index (χ2v) is 4.03. The zero-order valence-corrected chi connectivity index (χ0v) is 9.64. The Hall–Kier alpha value is -1.10. The molecule has 0 aromatic heterocycles. The molecule has 1 aromatic rings. The summed E-state index contributed by atoms with van der Waals surface area (Å²) in [6.07, 6.45) is 2.70. The van der Waals surface area contributed by atoms with E-state index in [4.69, 9.17) is 14.8 Å². The molecule has 0 saturated heterocycles. The van der Waals surface area contributed by atoms with Crippen molar-refractivity contribution in [3.8, 4) is 5.75 Å². The van der Waals surface area contributed by atoms with Crippen LogP contribution in [0.2, 0.25) is 0 Å². The topological polar surface area (TPSA) is 41.9 Å². The first-order chi connectivity index (χ1) is 7.70. The first-order valence-electron chi connectivity index (χ1n) is 5.45. The Morgan fingerprint density at radius 1 is 1.44 bits per heavy atom. The molecule has 0 radical (unpaired) electrons. The maximum Gasteiger partial charge on any atom is 0.122 e. The summed E-state index contributed by atoms with van der Waals surface area (Å²) in [6.45, 7) is 0. The van der Waals surface area contributed by atoms with Gasteiger partial charge in [-0.3, -0.25) is 10.0 Å². The van der Waals surface area contributed by atoms with Gasteiger partial charge in [0.1, 0.15) is 5.75 Å². The molecular formula is C12H17NO3. The molecule has 1 atom stereocenters. The van der Waals surface area contributed by atoms with Crippen LogP contribution in [0.1, 0.15) is 17.5 Å². The molecule has 88 valence electrons. The van der Waals surface area contributed by atoms with Crippen LogP contribution >= 0.6 is 0 Å². The molecular weight excluding hydrogens is 206 g/mol. The Balaban J connectivity index is 2.15. The summed E-state index contributed by atoms with van der Waals surface area (Å²) in [7, 11) is 3.18. The van der Waals surface area contributed by atoms with Crippen molar-refractivity contribution in [2.24, 2.45) is 0 Å². The summed E-state index contributed by atoms with van der Waals surface area (Å²) in [5, 5.41) is 9.83. The van der Waals surface area contributed by atoms with Crippen LogP contribution in [0.15, 0.2) is 18.2 Å². The lowest BCUT2D eigenvalue weighted by atomic mass is 9.89. The molecule has 0 amide bonds. The average molecular weight is 223 g/mol. The largest absolute Gasteiger partial charge is 0.496 e. The highest BCUT2D eigenvalue weighted by Gasteiger charge is 2.22. The second kappa shape index (κ2) is 4.82. The Morgan fingerprint density at radius 2 is 2.25 bits per heavy atom. The lowest BCUT2D eigenvalue weighted by molar-refractivity contribution is -0.346. The number of nitrogens with zero attached hydrogens (tertiary/aromatic N) is 1. The van der Waals surface area contributed by atoms with Crippen molar-refractivity contribution < 1.29 is 14.8 Å². The third-order valence-electron chi connectivity index (χ3n) is 2.92. The minimum absolute atomic E-state index is 0.0506. The Labute approximate surface area is 95.3 Å². The summed E-state index contributed by atoms with van der Waals surface area (Å²) in [5.74, 6) is 0.952. The molecule has 0 bridgehead atoms. The maximum atomic E-state index is 9.04. The number of hydrogen-bond acceptors (Lipinski definition) is 4. The Morgan fingerprint density at radius 3 is 2.94 bits per heavy atom. The van der Waals surface area contributed by atoms with Gasteiger partial charge in [0.15, 0.2) is 0 Å². The predicted molar refractivity (Wildman–Crippen MR) is 59.4 cm³/mol. The summed E-state index contributed by atoms with van der Waals surface area (Å²) < 4.78 is 5.33. The van der Waals surface area contributed by atoms with Gasteiger partial charge in [-0.25, -0.2) is 0 Å². The first-order valence-corrected chi connectivity index (χ1v) is 5.45. The van der Waals surface area contributed by atoms with Gasteiger partial charge in [-0.15, -0.1) is 0 Å². The Kier molecular flexibility index (Phi) is 3.43. The predicted octanol–water partition coefficient (Wildman–Crippen LogP) is 1.81. The molecule has 0 heterocycles. The molecule has 1 aliphatic rings. The van der Waals surface area contributed by atoms with Crippen LogP contribution in [0.3, 0.4) is 0 Å². The standard InChI is InChI=1S/C12H17NO3/c1-13(14)16-10-6-7-11-9(8-10)4-3-5-12(11)15-2/h3-5,10,14H,6-8H2,1-2H3. The quantitative estimate of drug-likeness (QED) is 0.793. The molecule has 16 heavy (non-hydrogen) atoms. The SMILES string of the molecule is COc1cccc2c1CCC(ON(C)O)C2. The van der Waals surface area contributed by atoms with E-state index in [1.165, 1.54) is 18.2 Å². The maximum absolute atomic E-state index is 9.04. The van der Waals surface area contributed by atoms with Crippen LogP contribution < -0.4 is 4.74 Å². The molecule has 0 saturated carbocycles. The van der Waals surface area contributed by atoms with Crippen molar-refractivity contribution in [2.75, 3.05) is 14.2 Å². The van der Waals surface area contributed by atoms with Crippen LogP contribution in [0, 0.1) is 0 Å². The highest BCUT2D eigenvalue weighted by Crippen LogP contribution is 2.30. The van der Waals surface area contributed by atoms with Gasteiger partial charge < -0.3 is 4.74 Å². The van der Waals surface area contributed by atoms with Crippen molar-refractivity contribution in [3.63, 3.8) is 0 Å². The van der Waals surface area contributed by atoms with Crippen molar-refractivity contribution in [1.29, 1.82) is 0 Å². The van der Waals surface area contributed by atoms with Crippen LogP contribution in [0.25, 0.3) is 0 Å². The first kappa shape index (κ1) is 11.4. The fourth-order valence-electron chi connectivity index (χ4n) is 2.24. The van der Waals surface area contributed by atoms with Crippen LogP contribution in [0.4, 0.5) is 0 Å². The number of benzene rings is 1. The highest BCUT2D eigenvalue weighted by atomic mass is 16.9. The van der Waals surface area contributed by atoms with Gasteiger partial charge >= 0.3 is 0 Å². The van der Waals surface area contributed by atoms with Crippen molar-refractivity contribution in [3.05, 3.63) is 29.3 Å². The second-order valence-electron chi connectivity index (χ2n) is 4.03. The third-order valence-corrected chi connectivity index (χ3v) is 2.92. The van der Waals surface area contributed by atoms with E-state index >= 15 is 0 Å². The van der Waals surface area contributed by atoms with Crippen molar-refractivity contribution >= 4 is 0 Å². The molecule has 2 rings (SSSR count). The van der Waals surface area contributed by atoms with E-state index in [1.807, 2.05) is 12.1 Å². The smallest absolute Gasteiger partial charge is 0.122 e. The van der Waals surface area contributed by atoms with Crippen LogP contribution in [-0.2, 0) is 17.7 Å². The number of methoxy groups -OCH3 is 1. The molecule has 0 aliphatic heterocycles. The summed E-state index contributed by atoms with van der Waals surface area (Å²) in [5.41, 5.74) is 2.52. The van der Waals surface area contributed by atoms with Gasteiger partial charge in [-0.05, 0) is 30.0 Å². The molecule has 0 spiro atoms.